The molecule has 2 aromatic carbocycles. The number of rotatable bonds is 3. The van der Waals surface area contributed by atoms with Crippen molar-refractivity contribution in [3.05, 3.63) is 64.7 Å². The van der Waals surface area contributed by atoms with E-state index in [-0.39, 0.29) is 10.6 Å². The fraction of sp³-hybridized carbons (Fsp3) is 0. The van der Waals surface area contributed by atoms with Gasteiger partial charge in [-0.15, -0.1) is 11.3 Å². The van der Waals surface area contributed by atoms with E-state index < -0.39 is 0 Å². The third kappa shape index (κ3) is 2.34. The molecule has 94 valence electrons. The molecule has 0 aliphatic heterocycles. The Morgan fingerprint density at radius 2 is 1.68 bits per heavy atom. The van der Waals surface area contributed by atoms with Gasteiger partial charge in [-0.2, -0.15) is 0 Å². The molecule has 0 N–H and O–H groups in total. The molecule has 0 aliphatic carbocycles. The molecule has 0 fully saturated rings. The highest BCUT2D eigenvalue weighted by Crippen LogP contribution is 2.45. The van der Waals surface area contributed by atoms with Gasteiger partial charge in [0.1, 0.15) is 4.21 Å². The van der Waals surface area contributed by atoms with Gasteiger partial charge in [-0.05, 0) is 24.3 Å². The Morgan fingerprint density at radius 1 is 1.00 bits per heavy atom. The normalized spacial score (nSPS) is 10.7. The molecule has 19 heavy (non-hydrogen) atoms. The molecule has 5 heteroatoms. The molecular formula is C14H9NO2S2. The van der Waals surface area contributed by atoms with Gasteiger partial charge < -0.3 is 0 Å². The molecule has 1 heterocycles. The van der Waals surface area contributed by atoms with Crippen LogP contribution in [-0.4, -0.2) is 4.92 Å². The van der Waals surface area contributed by atoms with Crippen molar-refractivity contribution in [2.75, 3.05) is 0 Å². The molecule has 0 saturated carbocycles. The first kappa shape index (κ1) is 12.2. The largest absolute Gasteiger partial charge is 0.301 e. The second kappa shape index (κ2) is 5.03. The van der Waals surface area contributed by atoms with Gasteiger partial charge in [0, 0.05) is 9.60 Å². The Kier molecular flexibility index (Phi) is 3.23. The van der Waals surface area contributed by atoms with Crippen molar-refractivity contribution in [1.82, 2.24) is 0 Å². The topological polar surface area (TPSA) is 43.1 Å². The van der Waals surface area contributed by atoms with Crippen molar-refractivity contribution < 1.29 is 4.92 Å². The standard InChI is InChI=1S/C14H9NO2S2/c16-15(17)13-11-8-4-5-9-12(11)19-14(13)18-10-6-2-1-3-7-10/h1-9H. The summed E-state index contributed by atoms with van der Waals surface area (Å²) in [5.41, 5.74) is 0.217. The molecule has 0 saturated heterocycles. The molecule has 0 aliphatic rings. The van der Waals surface area contributed by atoms with Crippen molar-refractivity contribution in [2.45, 2.75) is 9.10 Å². The second-order valence-electron chi connectivity index (χ2n) is 3.91. The van der Waals surface area contributed by atoms with E-state index in [1.165, 1.54) is 23.1 Å². The summed E-state index contributed by atoms with van der Waals surface area (Å²) >= 11 is 2.91. The maximum Gasteiger partial charge on any atom is 0.301 e. The number of nitrogens with zero attached hydrogens (tertiary/aromatic N) is 1. The summed E-state index contributed by atoms with van der Waals surface area (Å²) in [4.78, 5) is 12.0. The summed E-state index contributed by atoms with van der Waals surface area (Å²) in [6.07, 6.45) is 0. The summed E-state index contributed by atoms with van der Waals surface area (Å²) < 4.78 is 1.69. The highest BCUT2D eigenvalue weighted by molar-refractivity contribution is 8.01. The zero-order chi connectivity index (χ0) is 13.2. The second-order valence-corrected chi connectivity index (χ2v) is 6.30. The van der Waals surface area contributed by atoms with Crippen LogP contribution in [-0.2, 0) is 0 Å². The van der Waals surface area contributed by atoms with Crippen LogP contribution in [0.3, 0.4) is 0 Å². The van der Waals surface area contributed by atoms with Crippen molar-refractivity contribution in [2.24, 2.45) is 0 Å². The maximum atomic E-state index is 11.3. The number of fused-ring (bicyclic) bond motifs is 1. The van der Waals surface area contributed by atoms with E-state index in [9.17, 15) is 10.1 Å². The van der Waals surface area contributed by atoms with Crippen LogP contribution in [0.15, 0.2) is 63.7 Å². The molecule has 3 nitrogen and oxygen atoms in total. The van der Waals surface area contributed by atoms with Gasteiger partial charge in [0.2, 0.25) is 0 Å². The first-order chi connectivity index (χ1) is 9.25. The molecule has 3 rings (SSSR count). The number of thiophene rings is 1. The molecular weight excluding hydrogens is 278 g/mol. The summed E-state index contributed by atoms with van der Waals surface area (Å²) in [6.45, 7) is 0. The summed E-state index contributed by atoms with van der Waals surface area (Å²) in [5, 5.41) is 12.0. The molecule has 0 unspecified atom stereocenters. The van der Waals surface area contributed by atoms with Gasteiger partial charge in [-0.3, -0.25) is 10.1 Å². The zero-order valence-electron chi connectivity index (χ0n) is 9.78. The van der Waals surface area contributed by atoms with E-state index in [0.29, 0.717) is 0 Å². The smallest absolute Gasteiger partial charge is 0.258 e. The van der Waals surface area contributed by atoms with Gasteiger partial charge in [-0.25, -0.2) is 0 Å². The van der Waals surface area contributed by atoms with Crippen LogP contribution < -0.4 is 0 Å². The van der Waals surface area contributed by atoms with Crippen molar-refractivity contribution in [3.8, 4) is 0 Å². The van der Waals surface area contributed by atoms with Gasteiger partial charge >= 0.3 is 5.69 Å². The third-order valence-corrected chi connectivity index (χ3v) is 5.02. The SMILES string of the molecule is O=[N+]([O-])c1c(Sc2ccccc2)sc2ccccc12. The van der Waals surface area contributed by atoms with Gasteiger partial charge in [-0.1, -0.05) is 42.1 Å². The Bertz CT molecular complexity index is 738. The summed E-state index contributed by atoms with van der Waals surface area (Å²) in [5.74, 6) is 0. The fourth-order valence-electron chi connectivity index (χ4n) is 1.85. The molecule has 0 atom stereocenters. The van der Waals surface area contributed by atoms with Crippen LogP contribution in [0.2, 0.25) is 0 Å². The average molecular weight is 287 g/mol. The molecule has 0 spiro atoms. The molecule has 0 radical (unpaired) electrons. The minimum atomic E-state index is -0.288. The van der Waals surface area contributed by atoms with Crippen molar-refractivity contribution >= 4 is 38.9 Å². The molecule has 0 amide bonds. The van der Waals surface area contributed by atoms with Gasteiger partial charge in [0.05, 0.1) is 10.3 Å². The van der Waals surface area contributed by atoms with Crippen LogP contribution in [0.25, 0.3) is 10.1 Å². The van der Waals surface area contributed by atoms with E-state index in [4.69, 9.17) is 0 Å². The Labute approximate surface area is 118 Å². The van der Waals surface area contributed by atoms with Crippen LogP contribution in [0, 0.1) is 10.1 Å². The van der Waals surface area contributed by atoms with Gasteiger partial charge in [0.15, 0.2) is 0 Å². The lowest BCUT2D eigenvalue weighted by Gasteiger charge is -1.97. The molecule has 0 bridgehead atoms. The minimum Gasteiger partial charge on any atom is -0.258 e. The average Bonchev–Trinajstić information content (AvgIpc) is 2.77. The third-order valence-electron chi connectivity index (χ3n) is 2.67. The predicted octanol–water partition coefficient (Wildman–Crippen LogP) is 4.96. The predicted molar refractivity (Wildman–Crippen MR) is 79.0 cm³/mol. The van der Waals surface area contributed by atoms with E-state index >= 15 is 0 Å². The Morgan fingerprint density at radius 3 is 2.42 bits per heavy atom. The molecule has 1 aromatic heterocycles. The lowest BCUT2D eigenvalue weighted by molar-refractivity contribution is -0.385. The minimum absolute atomic E-state index is 0.217. The van der Waals surface area contributed by atoms with Crippen LogP contribution >= 0.6 is 23.1 Å². The first-order valence-corrected chi connectivity index (χ1v) is 7.28. The van der Waals surface area contributed by atoms with Crippen LogP contribution in [0.4, 0.5) is 5.69 Å². The lowest BCUT2D eigenvalue weighted by atomic mass is 10.2. The number of benzene rings is 2. The van der Waals surface area contributed by atoms with E-state index in [1.807, 2.05) is 48.5 Å². The van der Waals surface area contributed by atoms with Crippen LogP contribution in [0.1, 0.15) is 0 Å². The highest BCUT2D eigenvalue weighted by atomic mass is 32.2. The van der Waals surface area contributed by atoms with Crippen LogP contribution in [0.5, 0.6) is 0 Å². The summed E-state index contributed by atoms with van der Waals surface area (Å²) in [6, 6.07) is 17.2. The van der Waals surface area contributed by atoms with E-state index in [0.717, 1.165) is 19.2 Å². The highest BCUT2D eigenvalue weighted by Gasteiger charge is 2.22. The quantitative estimate of drug-likeness (QED) is 0.505. The lowest BCUT2D eigenvalue weighted by Crippen LogP contribution is -1.87. The monoisotopic (exact) mass is 287 g/mol. The summed E-state index contributed by atoms with van der Waals surface area (Å²) in [7, 11) is 0. The first-order valence-electron chi connectivity index (χ1n) is 5.64. The van der Waals surface area contributed by atoms with Crippen molar-refractivity contribution in [3.63, 3.8) is 0 Å². The number of hydrogen-bond acceptors (Lipinski definition) is 4. The Balaban J connectivity index is 2.13. The fourth-order valence-corrected chi connectivity index (χ4v) is 4.26. The number of hydrogen-bond donors (Lipinski definition) is 0. The zero-order valence-corrected chi connectivity index (χ0v) is 11.4. The van der Waals surface area contributed by atoms with Crippen molar-refractivity contribution in [1.29, 1.82) is 0 Å². The maximum absolute atomic E-state index is 11.3. The number of nitro groups is 1. The van der Waals surface area contributed by atoms with E-state index in [2.05, 4.69) is 0 Å². The Hall–Kier alpha value is -1.85. The van der Waals surface area contributed by atoms with Gasteiger partial charge in [0.25, 0.3) is 0 Å². The van der Waals surface area contributed by atoms with E-state index in [1.54, 1.807) is 6.07 Å². The molecule has 3 aromatic rings.